The number of nitrogens with two attached hydrogens (primary N) is 1. The summed E-state index contributed by atoms with van der Waals surface area (Å²) >= 11 is 3.28. The highest BCUT2D eigenvalue weighted by Gasteiger charge is 2.11. The Morgan fingerprint density at radius 2 is 2.20 bits per heavy atom. The second-order valence-corrected chi connectivity index (χ2v) is 4.79. The molecule has 20 heavy (non-hydrogen) atoms. The van der Waals surface area contributed by atoms with E-state index < -0.39 is 4.92 Å². The summed E-state index contributed by atoms with van der Waals surface area (Å²) in [4.78, 5) is 14.3. The van der Waals surface area contributed by atoms with Gasteiger partial charge in [-0.25, -0.2) is 0 Å². The Kier molecular flexibility index (Phi) is 4.49. The highest BCUT2D eigenvalue weighted by atomic mass is 79.9. The van der Waals surface area contributed by atoms with E-state index in [1.54, 1.807) is 18.5 Å². The molecule has 0 atom stereocenters. The lowest BCUT2D eigenvalue weighted by Gasteiger charge is -2.10. The zero-order valence-electron chi connectivity index (χ0n) is 10.2. The minimum atomic E-state index is -0.468. The number of benzene rings is 1. The molecule has 0 amide bonds. The maximum Gasteiger partial charge on any atom is 0.269 e. The Labute approximate surface area is 123 Å². The molecule has 1 aromatic heterocycles. The van der Waals surface area contributed by atoms with Crippen molar-refractivity contribution in [2.24, 2.45) is 5.84 Å². The van der Waals surface area contributed by atoms with Crippen LogP contribution in [-0.4, -0.2) is 9.91 Å². The van der Waals surface area contributed by atoms with Gasteiger partial charge >= 0.3 is 0 Å². The molecule has 3 N–H and O–H groups in total. The monoisotopic (exact) mass is 338 g/mol. The largest absolute Gasteiger partial charge is 0.487 e. The van der Waals surface area contributed by atoms with Crippen LogP contribution in [-0.2, 0) is 6.61 Å². The molecule has 0 unspecified atom stereocenters. The topological polar surface area (TPSA) is 103 Å². The second kappa shape index (κ2) is 6.31. The van der Waals surface area contributed by atoms with Crippen molar-refractivity contribution in [1.29, 1.82) is 0 Å². The number of nitrogen functional groups attached to an aromatic ring is 1. The Bertz CT molecular complexity index is 636. The van der Waals surface area contributed by atoms with Crippen molar-refractivity contribution in [1.82, 2.24) is 4.98 Å². The summed E-state index contributed by atoms with van der Waals surface area (Å²) in [7, 11) is 0. The van der Waals surface area contributed by atoms with Gasteiger partial charge in [-0.05, 0) is 28.1 Å². The molecule has 0 saturated carbocycles. The summed E-state index contributed by atoms with van der Waals surface area (Å²) < 4.78 is 6.32. The first kappa shape index (κ1) is 14.2. The number of nitro groups is 1. The van der Waals surface area contributed by atoms with Gasteiger partial charge in [0.05, 0.1) is 16.8 Å². The molecular formula is C12H11BrN4O3. The van der Waals surface area contributed by atoms with E-state index in [0.29, 0.717) is 17.0 Å². The van der Waals surface area contributed by atoms with Crippen LogP contribution in [0.25, 0.3) is 0 Å². The molecule has 0 fully saturated rings. The average Bonchev–Trinajstić information content (AvgIpc) is 2.44. The highest BCUT2D eigenvalue weighted by molar-refractivity contribution is 9.10. The second-order valence-electron chi connectivity index (χ2n) is 3.87. The van der Waals surface area contributed by atoms with Crippen LogP contribution < -0.4 is 16.0 Å². The number of nitro benzene ring substituents is 1. The first-order valence-corrected chi connectivity index (χ1v) is 6.36. The third kappa shape index (κ3) is 3.43. The fourth-order valence-electron chi connectivity index (χ4n) is 1.59. The lowest BCUT2D eigenvalue weighted by atomic mass is 10.1. The Morgan fingerprint density at radius 3 is 2.85 bits per heavy atom. The molecule has 0 aliphatic rings. The summed E-state index contributed by atoms with van der Waals surface area (Å²) in [5.41, 5.74) is 3.62. The molecule has 104 valence electrons. The van der Waals surface area contributed by atoms with Gasteiger partial charge in [0.25, 0.3) is 5.69 Å². The molecule has 0 spiro atoms. The van der Waals surface area contributed by atoms with E-state index in [2.05, 4.69) is 26.3 Å². The fraction of sp³-hybridized carbons (Fsp3) is 0.0833. The van der Waals surface area contributed by atoms with Crippen LogP contribution >= 0.6 is 15.9 Å². The minimum absolute atomic E-state index is 0.0185. The summed E-state index contributed by atoms with van der Waals surface area (Å²) in [6.07, 6.45) is 3.19. The van der Waals surface area contributed by atoms with Gasteiger partial charge in [0.15, 0.2) is 0 Å². The van der Waals surface area contributed by atoms with Crippen molar-refractivity contribution in [3.63, 3.8) is 0 Å². The van der Waals surface area contributed by atoms with E-state index in [1.807, 2.05) is 0 Å². The number of pyridine rings is 1. The smallest absolute Gasteiger partial charge is 0.269 e. The molecule has 8 heteroatoms. The Hall–Kier alpha value is -2.19. The van der Waals surface area contributed by atoms with Crippen molar-refractivity contribution in [3.8, 4) is 5.75 Å². The quantitative estimate of drug-likeness (QED) is 0.493. The molecule has 2 aromatic rings. The van der Waals surface area contributed by atoms with Crippen LogP contribution in [0, 0.1) is 10.1 Å². The van der Waals surface area contributed by atoms with Crippen molar-refractivity contribution in [3.05, 3.63) is 56.8 Å². The zero-order chi connectivity index (χ0) is 14.5. The maximum atomic E-state index is 10.8. The van der Waals surface area contributed by atoms with Gasteiger partial charge in [-0.1, -0.05) is 0 Å². The molecule has 0 saturated heterocycles. The van der Waals surface area contributed by atoms with Gasteiger partial charge in [0, 0.05) is 28.4 Å². The summed E-state index contributed by atoms with van der Waals surface area (Å²) in [6, 6.07) is 6.08. The third-order valence-corrected chi connectivity index (χ3v) is 2.96. The van der Waals surface area contributed by atoms with Crippen LogP contribution in [0.3, 0.4) is 0 Å². The van der Waals surface area contributed by atoms with Gasteiger partial charge in [0.1, 0.15) is 12.4 Å². The average molecular weight is 339 g/mol. The summed E-state index contributed by atoms with van der Waals surface area (Å²) in [6.45, 7) is 0.138. The maximum absolute atomic E-state index is 10.8. The van der Waals surface area contributed by atoms with Crippen molar-refractivity contribution in [2.45, 2.75) is 6.61 Å². The molecule has 0 aliphatic heterocycles. The fourth-order valence-corrected chi connectivity index (χ4v) is 1.93. The molecule has 2 rings (SSSR count). The standard InChI is InChI=1S/C12H11BrN4O3/c13-9-4-11(6-15-5-9)20-7-8-3-10(17(18)19)1-2-12(8)16-14/h1-6,16H,7,14H2. The number of nitrogens with zero attached hydrogens (tertiary/aromatic N) is 2. The SMILES string of the molecule is NNc1ccc([N+](=O)[O-])cc1COc1cncc(Br)c1. The van der Waals surface area contributed by atoms with E-state index in [4.69, 9.17) is 10.6 Å². The van der Waals surface area contributed by atoms with Crippen LogP contribution in [0.2, 0.25) is 0 Å². The summed E-state index contributed by atoms with van der Waals surface area (Å²) in [5, 5.41) is 10.8. The van der Waals surface area contributed by atoms with Crippen molar-refractivity contribution < 1.29 is 9.66 Å². The van der Waals surface area contributed by atoms with Gasteiger partial charge in [-0.15, -0.1) is 0 Å². The lowest BCUT2D eigenvalue weighted by Crippen LogP contribution is -2.10. The molecule has 1 heterocycles. The number of non-ortho nitro benzene ring substituents is 1. The zero-order valence-corrected chi connectivity index (χ0v) is 11.8. The highest BCUT2D eigenvalue weighted by Crippen LogP contribution is 2.24. The first-order valence-electron chi connectivity index (χ1n) is 5.57. The van der Waals surface area contributed by atoms with Crippen molar-refractivity contribution >= 4 is 27.3 Å². The van der Waals surface area contributed by atoms with E-state index in [0.717, 1.165) is 4.47 Å². The third-order valence-electron chi connectivity index (χ3n) is 2.53. The Balaban J connectivity index is 2.19. The van der Waals surface area contributed by atoms with Crippen LogP contribution in [0.15, 0.2) is 41.1 Å². The number of ether oxygens (including phenoxy) is 1. The van der Waals surface area contributed by atoms with E-state index in [9.17, 15) is 10.1 Å². The van der Waals surface area contributed by atoms with E-state index in [1.165, 1.54) is 18.2 Å². The number of rotatable bonds is 5. The van der Waals surface area contributed by atoms with Gasteiger partial charge in [0.2, 0.25) is 0 Å². The molecule has 0 radical (unpaired) electrons. The van der Waals surface area contributed by atoms with Gasteiger partial charge in [-0.3, -0.25) is 20.9 Å². The molecular weight excluding hydrogens is 328 g/mol. The van der Waals surface area contributed by atoms with Crippen LogP contribution in [0.5, 0.6) is 5.75 Å². The molecule has 1 aromatic carbocycles. The Morgan fingerprint density at radius 1 is 1.40 bits per heavy atom. The number of aromatic nitrogens is 1. The predicted molar refractivity (Wildman–Crippen MR) is 77.2 cm³/mol. The number of anilines is 1. The molecule has 7 nitrogen and oxygen atoms in total. The van der Waals surface area contributed by atoms with Gasteiger partial charge < -0.3 is 10.2 Å². The van der Waals surface area contributed by atoms with E-state index >= 15 is 0 Å². The minimum Gasteiger partial charge on any atom is -0.487 e. The van der Waals surface area contributed by atoms with Crippen LogP contribution in [0.1, 0.15) is 5.56 Å². The normalized spacial score (nSPS) is 10.1. The number of nitrogens with one attached hydrogen (secondary N) is 1. The number of halogens is 1. The first-order chi connectivity index (χ1) is 9.60. The predicted octanol–water partition coefficient (Wildman–Crippen LogP) is 2.62. The van der Waals surface area contributed by atoms with Gasteiger partial charge in [-0.2, -0.15) is 0 Å². The molecule has 0 bridgehead atoms. The van der Waals surface area contributed by atoms with E-state index in [-0.39, 0.29) is 12.3 Å². The lowest BCUT2D eigenvalue weighted by molar-refractivity contribution is -0.384. The summed E-state index contributed by atoms with van der Waals surface area (Å²) in [5.74, 6) is 5.92. The molecule has 0 aliphatic carbocycles. The number of hydrogen-bond acceptors (Lipinski definition) is 6. The van der Waals surface area contributed by atoms with Crippen LogP contribution in [0.4, 0.5) is 11.4 Å². The van der Waals surface area contributed by atoms with Crippen molar-refractivity contribution in [2.75, 3.05) is 5.43 Å². The number of hydrazine groups is 1. The number of hydrogen-bond donors (Lipinski definition) is 2.